The van der Waals surface area contributed by atoms with Crippen LogP contribution in [0.3, 0.4) is 0 Å². The highest BCUT2D eigenvalue weighted by Gasteiger charge is 2.33. The van der Waals surface area contributed by atoms with Gasteiger partial charge in [0, 0.05) is 26.4 Å². The third-order valence-corrected chi connectivity index (χ3v) is 5.12. The summed E-state index contributed by atoms with van der Waals surface area (Å²) in [5.41, 5.74) is -2.40. The highest BCUT2D eigenvalue weighted by molar-refractivity contribution is 7.89. The largest absolute Gasteiger partial charge is 0.343 e. The standard InChI is InChI=1S/C15H13ClF4N4O3S/c1-7(15(2,19)20)23-28(26,27)9-6-24(3)12(11(9)18)14(25)22-8-4-5-21-13(16)10(8)17/h4-6,23H,1H2,2-3H3,(H,21,22,25). The van der Waals surface area contributed by atoms with Gasteiger partial charge in [-0.05, 0) is 6.07 Å². The van der Waals surface area contributed by atoms with E-state index in [4.69, 9.17) is 11.6 Å². The maximum Gasteiger partial charge on any atom is 0.284 e. The van der Waals surface area contributed by atoms with Crippen LogP contribution in [0.15, 0.2) is 35.6 Å². The van der Waals surface area contributed by atoms with E-state index in [0.717, 1.165) is 23.9 Å². The number of pyridine rings is 1. The van der Waals surface area contributed by atoms with E-state index in [9.17, 15) is 30.8 Å². The van der Waals surface area contributed by atoms with Crippen molar-refractivity contribution < 1.29 is 30.8 Å². The number of aryl methyl sites for hydroxylation is 1. The Hall–Kier alpha value is -2.60. The van der Waals surface area contributed by atoms with Gasteiger partial charge in [-0.1, -0.05) is 18.2 Å². The lowest BCUT2D eigenvalue weighted by molar-refractivity contribution is 0.0597. The molecule has 0 saturated heterocycles. The van der Waals surface area contributed by atoms with E-state index in [0.29, 0.717) is 13.1 Å². The summed E-state index contributed by atoms with van der Waals surface area (Å²) in [6.07, 6.45) is 1.78. The molecule has 13 heteroatoms. The number of halogens is 5. The first-order chi connectivity index (χ1) is 12.8. The molecule has 0 unspecified atom stereocenters. The van der Waals surface area contributed by atoms with Crippen LogP contribution in [-0.4, -0.2) is 29.8 Å². The molecule has 0 aliphatic heterocycles. The predicted octanol–water partition coefficient (Wildman–Crippen LogP) is 3.05. The number of aromatic nitrogens is 2. The van der Waals surface area contributed by atoms with Crippen molar-refractivity contribution >= 4 is 33.2 Å². The molecular weight excluding hydrogens is 428 g/mol. The van der Waals surface area contributed by atoms with Gasteiger partial charge in [-0.25, -0.2) is 31.0 Å². The third kappa shape index (κ3) is 4.28. The predicted molar refractivity (Wildman–Crippen MR) is 92.6 cm³/mol. The van der Waals surface area contributed by atoms with Gasteiger partial charge < -0.3 is 9.88 Å². The van der Waals surface area contributed by atoms with E-state index >= 15 is 0 Å². The first-order valence-electron chi connectivity index (χ1n) is 7.32. The lowest BCUT2D eigenvalue weighted by Gasteiger charge is -2.15. The first kappa shape index (κ1) is 21.7. The zero-order valence-electron chi connectivity index (χ0n) is 14.4. The van der Waals surface area contributed by atoms with Gasteiger partial charge in [0.1, 0.15) is 10.6 Å². The van der Waals surface area contributed by atoms with Crippen LogP contribution in [0.4, 0.5) is 23.2 Å². The Morgan fingerprint density at radius 3 is 2.50 bits per heavy atom. The van der Waals surface area contributed by atoms with Crippen LogP contribution in [0.2, 0.25) is 5.15 Å². The minimum Gasteiger partial charge on any atom is -0.343 e. The number of carbonyl (C=O) groups excluding carboxylic acids is 1. The number of hydrogen-bond acceptors (Lipinski definition) is 4. The summed E-state index contributed by atoms with van der Waals surface area (Å²) in [6, 6.07) is 1.05. The average molecular weight is 441 g/mol. The van der Waals surface area contributed by atoms with Crippen molar-refractivity contribution in [3.05, 3.63) is 53.2 Å². The van der Waals surface area contributed by atoms with Crippen LogP contribution in [0.25, 0.3) is 0 Å². The summed E-state index contributed by atoms with van der Waals surface area (Å²) in [7, 11) is -3.67. The fraction of sp³-hybridized carbons (Fsp3) is 0.200. The first-order valence-corrected chi connectivity index (χ1v) is 9.18. The van der Waals surface area contributed by atoms with Crippen molar-refractivity contribution in [1.29, 1.82) is 0 Å². The molecule has 7 nitrogen and oxygen atoms in total. The Bertz CT molecular complexity index is 1060. The van der Waals surface area contributed by atoms with Gasteiger partial charge in [0.05, 0.1) is 11.4 Å². The monoisotopic (exact) mass is 440 g/mol. The zero-order valence-corrected chi connectivity index (χ0v) is 15.9. The minimum atomic E-state index is -4.81. The molecule has 0 atom stereocenters. The average Bonchev–Trinajstić information content (AvgIpc) is 2.86. The van der Waals surface area contributed by atoms with Crippen molar-refractivity contribution in [1.82, 2.24) is 14.3 Å². The number of nitrogens with one attached hydrogen (secondary N) is 2. The molecule has 2 aromatic heterocycles. The van der Waals surface area contributed by atoms with Gasteiger partial charge in [0.15, 0.2) is 16.8 Å². The van der Waals surface area contributed by atoms with Gasteiger partial charge in [0.2, 0.25) is 0 Å². The third-order valence-electron chi connectivity index (χ3n) is 3.47. The summed E-state index contributed by atoms with van der Waals surface area (Å²) in [5.74, 6) is -7.41. The summed E-state index contributed by atoms with van der Waals surface area (Å²) in [4.78, 5) is 14.7. The Kier molecular flexibility index (Phi) is 5.76. The van der Waals surface area contributed by atoms with Gasteiger partial charge >= 0.3 is 0 Å². The number of carbonyl (C=O) groups is 1. The molecule has 2 aromatic rings. The summed E-state index contributed by atoms with van der Waals surface area (Å²) >= 11 is 5.48. The molecular formula is C15H13ClF4N4O3S. The second-order valence-corrected chi connectivity index (χ2v) is 7.67. The van der Waals surface area contributed by atoms with Crippen LogP contribution in [-0.2, 0) is 17.1 Å². The Balaban J connectivity index is 2.39. The van der Waals surface area contributed by atoms with Crippen molar-refractivity contribution in [2.45, 2.75) is 17.7 Å². The molecule has 0 bridgehead atoms. The highest BCUT2D eigenvalue weighted by Crippen LogP contribution is 2.26. The maximum absolute atomic E-state index is 14.6. The van der Waals surface area contributed by atoms with Gasteiger partial charge in [-0.15, -0.1) is 0 Å². The van der Waals surface area contributed by atoms with E-state index < -0.39 is 60.6 Å². The van der Waals surface area contributed by atoms with Crippen molar-refractivity contribution in [2.24, 2.45) is 7.05 Å². The number of sulfonamides is 1. The molecule has 2 N–H and O–H groups in total. The van der Waals surface area contributed by atoms with E-state index in [1.165, 1.54) is 4.72 Å². The quantitative estimate of drug-likeness (QED) is 0.533. The normalized spacial score (nSPS) is 12.0. The number of anilines is 1. The number of allylic oxidation sites excluding steroid dienone is 1. The summed E-state index contributed by atoms with van der Waals surface area (Å²) in [6.45, 7) is 3.29. The smallest absolute Gasteiger partial charge is 0.284 e. The van der Waals surface area contributed by atoms with Crippen molar-refractivity contribution in [3.63, 3.8) is 0 Å². The van der Waals surface area contributed by atoms with Crippen LogP contribution >= 0.6 is 11.6 Å². The molecule has 2 rings (SSSR count). The maximum atomic E-state index is 14.6. The van der Waals surface area contributed by atoms with Crippen LogP contribution in [0.5, 0.6) is 0 Å². The van der Waals surface area contributed by atoms with E-state index in [1.54, 1.807) is 0 Å². The molecule has 28 heavy (non-hydrogen) atoms. The van der Waals surface area contributed by atoms with E-state index in [-0.39, 0.29) is 0 Å². The molecule has 0 aromatic carbocycles. The van der Waals surface area contributed by atoms with Gasteiger partial charge in [-0.2, -0.15) is 0 Å². The molecule has 152 valence electrons. The fourth-order valence-electron chi connectivity index (χ4n) is 2.02. The SMILES string of the molecule is C=C(NS(=O)(=O)c1cn(C)c(C(=O)Nc2ccnc(Cl)c2F)c1F)C(C)(F)F. The van der Waals surface area contributed by atoms with Crippen molar-refractivity contribution in [3.8, 4) is 0 Å². The van der Waals surface area contributed by atoms with Gasteiger partial charge in [0.25, 0.3) is 21.9 Å². The zero-order chi connectivity index (χ0) is 21.4. The fourth-order valence-corrected chi connectivity index (χ4v) is 3.42. The summed E-state index contributed by atoms with van der Waals surface area (Å²) < 4.78 is 81.4. The molecule has 0 aliphatic rings. The second kappa shape index (κ2) is 7.43. The molecule has 2 heterocycles. The molecule has 0 fully saturated rings. The Morgan fingerprint density at radius 1 is 1.32 bits per heavy atom. The summed E-state index contributed by atoms with van der Waals surface area (Å²) in [5, 5.41) is 1.48. The molecule has 0 saturated carbocycles. The van der Waals surface area contributed by atoms with E-state index in [2.05, 4.69) is 11.6 Å². The Morgan fingerprint density at radius 2 is 1.93 bits per heavy atom. The van der Waals surface area contributed by atoms with E-state index in [1.807, 2.05) is 5.32 Å². The van der Waals surface area contributed by atoms with Crippen LogP contribution in [0, 0.1) is 11.6 Å². The second-order valence-electron chi connectivity index (χ2n) is 5.66. The number of nitrogens with zero attached hydrogens (tertiary/aromatic N) is 2. The lowest BCUT2D eigenvalue weighted by atomic mass is 10.3. The van der Waals surface area contributed by atoms with Crippen molar-refractivity contribution in [2.75, 3.05) is 5.32 Å². The number of hydrogen-bond donors (Lipinski definition) is 2. The van der Waals surface area contributed by atoms with Crippen LogP contribution in [0.1, 0.15) is 17.4 Å². The van der Waals surface area contributed by atoms with Gasteiger partial charge in [-0.3, -0.25) is 9.52 Å². The number of rotatable bonds is 6. The molecule has 0 radical (unpaired) electrons. The highest BCUT2D eigenvalue weighted by atomic mass is 35.5. The Labute approximate surface area is 162 Å². The topological polar surface area (TPSA) is 93.1 Å². The number of amides is 1. The molecule has 1 amide bonds. The lowest BCUT2D eigenvalue weighted by Crippen LogP contribution is -2.31. The molecule has 0 aliphatic carbocycles. The number of alkyl halides is 2. The van der Waals surface area contributed by atoms with Crippen LogP contribution < -0.4 is 10.0 Å². The minimum absolute atomic E-state index is 0.395. The molecule has 0 spiro atoms.